The Bertz CT molecular complexity index is 887. The molecule has 2 aliphatic heterocycles. The lowest BCUT2D eigenvalue weighted by atomic mass is 9.89. The maximum atomic E-state index is 12.3. The summed E-state index contributed by atoms with van der Waals surface area (Å²) in [6, 6.07) is 7.85. The smallest absolute Gasteiger partial charge is 0.410 e. The summed E-state index contributed by atoms with van der Waals surface area (Å²) in [4.78, 5) is 27.9. The van der Waals surface area contributed by atoms with Gasteiger partial charge in [-0.05, 0) is 57.2 Å². The Balaban J connectivity index is 1.57. The number of anilines is 1. The molecule has 3 rings (SSSR count). The topological polar surface area (TPSA) is 84.0 Å². The molecule has 2 fully saturated rings. The second-order valence-corrected chi connectivity index (χ2v) is 11.9. The average molecular weight is 457 g/mol. The zero-order valence-electron chi connectivity index (χ0n) is 17.6. The molecule has 2 saturated heterocycles. The molecule has 2 amide bonds. The van der Waals surface area contributed by atoms with E-state index in [2.05, 4.69) is 0 Å². The predicted octanol–water partition coefficient (Wildman–Crippen LogP) is 3.72. The number of amides is 2. The van der Waals surface area contributed by atoms with Crippen LogP contribution >= 0.6 is 10.7 Å². The van der Waals surface area contributed by atoms with E-state index in [9.17, 15) is 18.0 Å². The highest BCUT2D eigenvalue weighted by atomic mass is 35.7. The molecule has 0 saturated carbocycles. The fourth-order valence-corrected chi connectivity index (χ4v) is 5.39. The SMILES string of the molecule is CC(C)(C)OC(=O)N1CCC(c2ccc(N3CC(CS(=O)(=O)Cl)CC3=O)cc2)CC1. The van der Waals surface area contributed by atoms with Gasteiger partial charge >= 0.3 is 6.09 Å². The second kappa shape index (κ2) is 8.75. The molecule has 0 N–H and O–H groups in total. The minimum Gasteiger partial charge on any atom is -0.444 e. The molecule has 9 heteroatoms. The molecule has 0 radical (unpaired) electrons. The summed E-state index contributed by atoms with van der Waals surface area (Å²) in [6.45, 7) is 7.25. The molecule has 1 unspecified atom stereocenters. The van der Waals surface area contributed by atoms with E-state index in [1.165, 1.54) is 5.56 Å². The molecule has 0 bridgehead atoms. The number of likely N-dealkylation sites (tertiary alicyclic amines) is 1. The first kappa shape index (κ1) is 22.9. The van der Waals surface area contributed by atoms with Crippen LogP contribution in [0.25, 0.3) is 0 Å². The summed E-state index contributed by atoms with van der Waals surface area (Å²) in [7, 11) is 1.71. The van der Waals surface area contributed by atoms with Crippen molar-refractivity contribution in [2.45, 2.75) is 51.6 Å². The fourth-order valence-electron chi connectivity index (χ4n) is 4.07. The van der Waals surface area contributed by atoms with E-state index >= 15 is 0 Å². The van der Waals surface area contributed by atoms with Crippen LogP contribution in [0.5, 0.6) is 0 Å². The number of nitrogens with zero attached hydrogens (tertiary/aromatic N) is 2. The van der Waals surface area contributed by atoms with Crippen molar-refractivity contribution in [2.24, 2.45) is 5.92 Å². The monoisotopic (exact) mass is 456 g/mol. The minimum atomic E-state index is -3.62. The maximum Gasteiger partial charge on any atom is 0.410 e. The number of halogens is 1. The van der Waals surface area contributed by atoms with E-state index in [1.54, 1.807) is 9.80 Å². The molecular formula is C21H29ClN2O5S. The van der Waals surface area contributed by atoms with Crippen molar-refractivity contribution in [2.75, 3.05) is 30.3 Å². The van der Waals surface area contributed by atoms with Crippen molar-refractivity contribution < 1.29 is 22.7 Å². The van der Waals surface area contributed by atoms with Gasteiger partial charge in [0.15, 0.2) is 0 Å². The summed E-state index contributed by atoms with van der Waals surface area (Å²) in [5.74, 6) is -0.206. The largest absolute Gasteiger partial charge is 0.444 e. The average Bonchev–Trinajstić information content (AvgIpc) is 2.99. The van der Waals surface area contributed by atoms with E-state index in [0.717, 1.165) is 18.5 Å². The number of ether oxygens (including phenoxy) is 1. The van der Waals surface area contributed by atoms with Crippen LogP contribution in [0, 0.1) is 5.92 Å². The lowest BCUT2D eigenvalue weighted by Crippen LogP contribution is -2.41. The van der Waals surface area contributed by atoms with Gasteiger partial charge in [-0.3, -0.25) is 4.79 Å². The summed E-state index contributed by atoms with van der Waals surface area (Å²) < 4.78 is 28.0. The number of rotatable bonds is 4. The van der Waals surface area contributed by atoms with Crippen LogP contribution in [-0.2, 0) is 18.6 Å². The third-order valence-electron chi connectivity index (χ3n) is 5.46. The van der Waals surface area contributed by atoms with E-state index in [-0.39, 0.29) is 30.1 Å². The molecule has 2 aliphatic rings. The number of hydrogen-bond acceptors (Lipinski definition) is 5. The van der Waals surface area contributed by atoms with Crippen LogP contribution < -0.4 is 4.90 Å². The standard InChI is InChI=1S/C21H29ClN2O5S/c1-21(2,3)29-20(26)23-10-8-17(9-11-23)16-4-6-18(7-5-16)24-13-15(12-19(24)25)14-30(22,27)28/h4-7,15,17H,8-14H2,1-3H3. The van der Waals surface area contributed by atoms with Gasteiger partial charge in [0.25, 0.3) is 0 Å². The van der Waals surface area contributed by atoms with Crippen molar-refractivity contribution in [3.05, 3.63) is 29.8 Å². The van der Waals surface area contributed by atoms with Gasteiger partial charge in [-0.1, -0.05) is 12.1 Å². The van der Waals surface area contributed by atoms with Gasteiger partial charge < -0.3 is 14.5 Å². The van der Waals surface area contributed by atoms with E-state index < -0.39 is 14.7 Å². The second-order valence-electron chi connectivity index (χ2n) is 9.11. The molecule has 30 heavy (non-hydrogen) atoms. The molecule has 1 aromatic carbocycles. The van der Waals surface area contributed by atoms with Crippen LogP contribution in [0.2, 0.25) is 0 Å². The first-order valence-electron chi connectivity index (χ1n) is 10.2. The molecule has 2 heterocycles. The molecule has 1 atom stereocenters. The Morgan fingerprint density at radius 3 is 2.30 bits per heavy atom. The fraction of sp³-hybridized carbons (Fsp3) is 0.619. The number of benzene rings is 1. The lowest BCUT2D eigenvalue weighted by Gasteiger charge is -2.33. The number of hydrogen-bond donors (Lipinski definition) is 0. The van der Waals surface area contributed by atoms with Gasteiger partial charge in [-0.25, -0.2) is 13.2 Å². The Kier molecular flexibility index (Phi) is 6.67. The van der Waals surface area contributed by atoms with Crippen molar-refractivity contribution in [3.63, 3.8) is 0 Å². The molecule has 166 valence electrons. The Morgan fingerprint density at radius 1 is 1.17 bits per heavy atom. The summed E-state index contributed by atoms with van der Waals surface area (Å²) in [5, 5.41) is 0. The first-order valence-corrected chi connectivity index (χ1v) is 12.7. The molecule has 0 aromatic heterocycles. The van der Waals surface area contributed by atoms with Gasteiger partial charge in [-0.15, -0.1) is 0 Å². The van der Waals surface area contributed by atoms with Crippen molar-refractivity contribution in [1.29, 1.82) is 0 Å². The van der Waals surface area contributed by atoms with Gasteiger partial charge in [0.2, 0.25) is 15.0 Å². The third-order valence-corrected chi connectivity index (χ3v) is 6.71. The molecule has 0 spiro atoms. The van der Waals surface area contributed by atoms with Crippen LogP contribution in [0.15, 0.2) is 24.3 Å². The Hall–Kier alpha value is -1.80. The summed E-state index contributed by atoms with van der Waals surface area (Å²) in [5.41, 5.74) is 1.45. The normalized spacial score (nSPS) is 21.2. The van der Waals surface area contributed by atoms with E-state index in [1.807, 2.05) is 45.0 Å². The molecule has 1 aromatic rings. The lowest BCUT2D eigenvalue weighted by molar-refractivity contribution is -0.117. The molecule has 7 nitrogen and oxygen atoms in total. The number of piperidine rings is 1. The predicted molar refractivity (Wildman–Crippen MR) is 116 cm³/mol. The van der Waals surface area contributed by atoms with Gasteiger partial charge in [-0.2, -0.15) is 0 Å². The van der Waals surface area contributed by atoms with Gasteiger partial charge in [0.05, 0.1) is 5.75 Å². The van der Waals surface area contributed by atoms with Crippen LogP contribution in [-0.4, -0.2) is 56.3 Å². The first-order chi connectivity index (χ1) is 13.9. The number of carbonyl (C=O) groups excluding carboxylic acids is 2. The Morgan fingerprint density at radius 2 is 1.77 bits per heavy atom. The maximum absolute atomic E-state index is 12.3. The summed E-state index contributed by atoms with van der Waals surface area (Å²) in [6.07, 6.45) is 1.64. The summed E-state index contributed by atoms with van der Waals surface area (Å²) >= 11 is 0. The van der Waals surface area contributed by atoms with Gasteiger partial charge in [0, 0.05) is 48.3 Å². The van der Waals surface area contributed by atoms with Crippen molar-refractivity contribution in [1.82, 2.24) is 4.90 Å². The van der Waals surface area contributed by atoms with Crippen molar-refractivity contribution in [3.8, 4) is 0 Å². The van der Waals surface area contributed by atoms with Crippen LogP contribution in [0.1, 0.15) is 51.5 Å². The van der Waals surface area contributed by atoms with Crippen molar-refractivity contribution >= 4 is 37.4 Å². The highest BCUT2D eigenvalue weighted by Crippen LogP contribution is 2.32. The zero-order chi connectivity index (χ0) is 22.1. The quantitative estimate of drug-likeness (QED) is 0.644. The van der Waals surface area contributed by atoms with E-state index in [4.69, 9.17) is 15.4 Å². The Labute approximate surface area is 182 Å². The zero-order valence-corrected chi connectivity index (χ0v) is 19.2. The molecular weight excluding hydrogens is 428 g/mol. The van der Waals surface area contributed by atoms with E-state index in [0.29, 0.717) is 25.6 Å². The number of carbonyl (C=O) groups is 2. The molecule has 0 aliphatic carbocycles. The minimum absolute atomic E-state index is 0.0845. The van der Waals surface area contributed by atoms with Gasteiger partial charge in [0.1, 0.15) is 5.60 Å². The third kappa shape index (κ3) is 6.11. The highest BCUT2D eigenvalue weighted by Gasteiger charge is 2.33. The highest BCUT2D eigenvalue weighted by molar-refractivity contribution is 8.13. The van der Waals surface area contributed by atoms with Crippen LogP contribution in [0.3, 0.4) is 0 Å². The van der Waals surface area contributed by atoms with Crippen LogP contribution in [0.4, 0.5) is 10.5 Å².